The molecule has 0 amide bonds. The van der Waals surface area contributed by atoms with Crippen molar-refractivity contribution in [3.63, 3.8) is 0 Å². The predicted octanol–water partition coefficient (Wildman–Crippen LogP) is 6.16. The predicted molar refractivity (Wildman–Crippen MR) is 133 cm³/mol. The van der Waals surface area contributed by atoms with E-state index >= 15 is 0 Å². The van der Waals surface area contributed by atoms with E-state index in [9.17, 15) is 0 Å². The number of fused-ring (bicyclic) bond motifs is 3. The lowest BCUT2D eigenvalue weighted by molar-refractivity contribution is -0.0513. The standard InChI is InChI=1S/C28H31NO3.ClH/c1-27(2,3)17-21-16-23-22(25(18-29)30-21)14-15-24-26(23)32-28(31-24,19-10-6-4-7-11-19)20-12-8-5-9-13-20;/h4-15,21,25H,16-18,29H2,1-3H3;1H. The van der Waals surface area contributed by atoms with Gasteiger partial charge in [-0.2, -0.15) is 0 Å². The van der Waals surface area contributed by atoms with E-state index < -0.39 is 5.79 Å². The zero-order chi connectivity index (χ0) is 22.3. The summed E-state index contributed by atoms with van der Waals surface area (Å²) in [5.41, 5.74) is 10.5. The highest BCUT2D eigenvalue weighted by Gasteiger charge is 2.47. The van der Waals surface area contributed by atoms with Crippen LogP contribution in [0.3, 0.4) is 0 Å². The van der Waals surface area contributed by atoms with Gasteiger partial charge in [-0.05, 0) is 23.5 Å². The molecule has 2 aliphatic heterocycles. The molecule has 0 fully saturated rings. The van der Waals surface area contributed by atoms with Crippen molar-refractivity contribution in [2.45, 2.75) is 51.6 Å². The van der Waals surface area contributed by atoms with E-state index in [1.807, 2.05) is 42.5 Å². The Labute approximate surface area is 202 Å². The molecule has 0 bridgehead atoms. The van der Waals surface area contributed by atoms with Crippen LogP contribution >= 0.6 is 12.4 Å². The van der Waals surface area contributed by atoms with Gasteiger partial charge in [-0.25, -0.2) is 0 Å². The van der Waals surface area contributed by atoms with Gasteiger partial charge in [0.15, 0.2) is 11.5 Å². The molecule has 0 saturated carbocycles. The number of benzene rings is 3. The summed E-state index contributed by atoms with van der Waals surface area (Å²) in [6, 6.07) is 24.4. The Morgan fingerprint density at radius 3 is 2.03 bits per heavy atom. The van der Waals surface area contributed by atoms with Crippen LogP contribution in [0.15, 0.2) is 72.8 Å². The molecule has 3 aromatic rings. The number of hydrogen-bond donors (Lipinski definition) is 1. The van der Waals surface area contributed by atoms with Crippen LogP contribution in [0.2, 0.25) is 0 Å². The smallest absolute Gasteiger partial charge is 0.305 e. The largest absolute Gasteiger partial charge is 0.440 e. The summed E-state index contributed by atoms with van der Waals surface area (Å²) < 4.78 is 19.9. The summed E-state index contributed by atoms with van der Waals surface area (Å²) in [6.45, 7) is 7.17. The molecule has 5 rings (SSSR count). The number of rotatable bonds is 4. The van der Waals surface area contributed by atoms with Crippen LogP contribution in [0.4, 0.5) is 0 Å². The first-order valence-electron chi connectivity index (χ1n) is 11.4. The first kappa shape index (κ1) is 23.6. The quantitative estimate of drug-likeness (QED) is 0.501. The summed E-state index contributed by atoms with van der Waals surface area (Å²) in [4.78, 5) is 0. The minimum Gasteiger partial charge on any atom is -0.440 e. The van der Waals surface area contributed by atoms with Crippen molar-refractivity contribution in [3.8, 4) is 11.5 Å². The summed E-state index contributed by atoms with van der Waals surface area (Å²) in [6.07, 6.45) is 1.70. The van der Waals surface area contributed by atoms with Crippen molar-refractivity contribution in [1.29, 1.82) is 0 Å². The van der Waals surface area contributed by atoms with Crippen molar-refractivity contribution >= 4 is 12.4 Å². The van der Waals surface area contributed by atoms with E-state index in [4.69, 9.17) is 19.9 Å². The lowest BCUT2D eigenvalue weighted by atomic mass is 9.84. The number of hydrogen-bond acceptors (Lipinski definition) is 4. The van der Waals surface area contributed by atoms with E-state index in [-0.39, 0.29) is 30.0 Å². The van der Waals surface area contributed by atoms with Crippen molar-refractivity contribution in [2.24, 2.45) is 11.1 Å². The lowest BCUT2D eigenvalue weighted by Gasteiger charge is -2.35. The molecule has 0 spiro atoms. The second kappa shape index (κ2) is 9.02. The van der Waals surface area contributed by atoms with Gasteiger partial charge < -0.3 is 19.9 Å². The average molecular weight is 466 g/mol. The van der Waals surface area contributed by atoms with Gasteiger partial charge in [-0.1, -0.05) is 87.5 Å². The molecule has 2 N–H and O–H groups in total. The van der Waals surface area contributed by atoms with E-state index in [1.165, 1.54) is 0 Å². The number of ether oxygens (including phenoxy) is 3. The van der Waals surface area contributed by atoms with Crippen molar-refractivity contribution in [2.75, 3.05) is 6.54 Å². The molecular formula is C28H32ClNO3. The number of nitrogens with two attached hydrogens (primary N) is 1. The zero-order valence-electron chi connectivity index (χ0n) is 19.4. The summed E-state index contributed by atoms with van der Waals surface area (Å²) in [7, 11) is 0. The van der Waals surface area contributed by atoms with Gasteiger partial charge in [0.2, 0.25) is 0 Å². The third-order valence-electron chi connectivity index (χ3n) is 6.26. The molecule has 5 heteroatoms. The Morgan fingerprint density at radius 1 is 0.879 bits per heavy atom. The molecule has 2 atom stereocenters. The SMILES string of the molecule is CC(C)(C)CC1Cc2c(ccc3c2OC(c2ccccc2)(c2ccccc2)O3)C(CN)O1.Cl. The fourth-order valence-electron chi connectivity index (χ4n) is 4.93. The van der Waals surface area contributed by atoms with E-state index in [0.717, 1.165) is 46.6 Å². The monoisotopic (exact) mass is 465 g/mol. The first-order valence-corrected chi connectivity index (χ1v) is 11.4. The second-order valence-corrected chi connectivity index (χ2v) is 9.96. The first-order chi connectivity index (χ1) is 15.4. The third kappa shape index (κ3) is 4.35. The van der Waals surface area contributed by atoms with Gasteiger partial charge in [-0.3, -0.25) is 0 Å². The molecule has 2 unspecified atom stereocenters. The molecule has 2 aliphatic rings. The van der Waals surface area contributed by atoms with Crippen LogP contribution in [0.5, 0.6) is 11.5 Å². The molecule has 0 aromatic heterocycles. The Morgan fingerprint density at radius 2 is 1.48 bits per heavy atom. The van der Waals surface area contributed by atoms with Gasteiger partial charge in [-0.15, -0.1) is 12.4 Å². The van der Waals surface area contributed by atoms with E-state index in [2.05, 4.69) is 51.1 Å². The van der Waals surface area contributed by atoms with Crippen LogP contribution < -0.4 is 15.2 Å². The van der Waals surface area contributed by atoms with E-state index in [1.54, 1.807) is 0 Å². The van der Waals surface area contributed by atoms with Crippen molar-refractivity contribution in [1.82, 2.24) is 0 Å². The van der Waals surface area contributed by atoms with Crippen LogP contribution in [0.1, 0.15) is 55.5 Å². The fraction of sp³-hybridized carbons (Fsp3) is 0.357. The molecule has 4 nitrogen and oxygen atoms in total. The number of halogens is 1. The van der Waals surface area contributed by atoms with Crippen molar-refractivity contribution < 1.29 is 14.2 Å². The minimum absolute atomic E-state index is 0. The molecule has 174 valence electrons. The molecule has 0 aliphatic carbocycles. The zero-order valence-corrected chi connectivity index (χ0v) is 20.2. The maximum Gasteiger partial charge on any atom is 0.305 e. The summed E-state index contributed by atoms with van der Waals surface area (Å²) in [5.74, 6) is 0.565. The normalized spacial score (nSPS) is 20.6. The van der Waals surface area contributed by atoms with Gasteiger partial charge >= 0.3 is 5.79 Å². The Balaban J connectivity index is 0.00000259. The highest BCUT2D eigenvalue weighted by molar-refractivity contribution is 5.85. The Bertz CT molecular complexity index is 1060. The summed E-state index contributed by atoms with van der Waals surface area (Å²) >= 11 is 0. The van der Waals surface area contributed by atoms with Gasteiger partial charge in [0.25, 0.3) is 0 Å². The maximum absolute atomic E-state index is 6.82. The highest BCUT2D eigenvalue weighted by Crippen LogP contribution is 2.52. The Kier molecular flexibility index (Phi) is 6.45. The van der Waals surface area contributed by atoms with Crippen LogP contribution in [-0.2, 0) is 16.9 Å². The van der Waals surface area contributed by atoms with Crippen LogP contribution in [0.25, 0.3) is 0 Å². The van der Waals surface area contributed by atoms with Crippen LogP contribution in [0, 0.1) is 5.41 Å². The molecule has 2 heterocycles. The highest BCUT2D eigenvalue weighted by atomic mass is 35.5. The maximum atomic E-state index is 6.82. The minimum atomic E-state index is -1.02. The second-order valence-electron chi connectivity index (χ2n) is 9.96. The Hall–Kier alpha value is -2.53. The van der Waals surface area contributed by atoms with Crippen molar-refractivity contribution in [3.05, 3.63) is 95.1 Å². The van der Waals surface area contributed by atoms with Gasteiger partial charge in [0.1, 0.15) is 0 Å². The summed E-state index contributed by atoms with van der Waals surface area (Å²) in [5, 5.41) is 0. The molecule has 3 aromatic carbocycles. The average Bonchev–Trinajstić information content (AvgIpc) is 3.20. The third-order valence-corrected chi connectivity index (χ3v) is 6.26. The molecule has 0 saturated heterocycles. The van der Waals surface area contributed by atoms with Gasteiger partial charge in [0.05, 0.1) is 12.2 Å². The van der Waals surface area contributed by atoms with Gasteiger partial charge in [0, 0.05) is 29.7 Å². The topological polar surface area (TPSA) is 53.7 Å². The van der Waals surface area contributed by atoms with E-state index in [0.29, 0.717) is 6.54 Å². The fourth-order valence-corrected chi connectivity index (χ4v) is 4.93. The van der Waals surface area contributed by atoms with Crippen LogP contribution in [-0.4, -0.2) is 12.6 Å². The lowest BCUT2D eigenvalue weighted by Crippen LogP contribution is -2.37. The molecule has 0 radical (unpaired) electrons. The molecular weight excluding hydrogens is 434 g/mol. The molecule has 33 heavy (non-hydrogen) atoms.